The summed E-state index contributed by atoms with van der Waals surface area (Å²) in [5, 5.41) is 0. The Kier molecular flexibility index (Phi) is 9.72. The first-order valence-corrected chi connectivity index (χ1v) is 12.9. The molecule has 6 heteroatoms. The van der Waals surface area contributed by atoms with Gasteiger partial charge in [-0.05, 0) is 30.4 Å². The lowest BCUT2D eigenvalue weighted by Gasteiger charge is -2.35. The lowest BCUT2D eigenvalue weighted by molar-refractivity contribution is -0.224. The van der Waals surface area contributed by atoms with Crippen LogP contribution in [0.3, 0.4) is 0 Å². The van der Waals surface area contributed by atoms with E-state index in [1.54, 1.807) is 0 Å². The summed E-state index contributed by atoms with van der Waals surface area (Å²) in [6, 6.07) is 20.4. The molecule has 0 spiro atoms. The van der Waals surface area contributed by atoms with E-state index in [0.717, 1.165) is 50.7 Å². The molecule has 2 fully saturated rings. The van der Waals surface area contributed by atoms with E-state index in [9.17, 15) is 4.79 Å². The van der Waals surface area contributed by atoms with Gasteiger partial charge in [0.1, 0.15) is 6.10 Å². The maximum atomic E-state index is 12.0. The summed E-state index contributed by atoms with van der Waals surface area (Å²) in [7, 11) is 1.40. The van der Waals surface area contributed by atoms with Gasteiger partial charge < -0.3 is 23.7 Å². The van der Waals surface area contributed by atoms with E-state index < -0.39 is 5.79 Å². The molecule has 2 saturated heterocycles. The van der Waals surface area contributed by atoms with Gasteiger partial charge in [-0.3, -0.25) is 4.79 Å². The van der Waals surface area contributed by atoms with Crippen molar-refractivity contribution in [3.05, 3.63) is 71.8 Å². The van der Waals surface area contributed by atoms with Gasteiger partial charge in [-0.15, -0.1) is 0 Å². The second-order valence-corrected chi connectivity index (χ2v) is 9.52. The van der Waals surface area contributed by atoms with Gasteiger partial charge in [-0.25, -0.2) is 0 Å². The highest BCUT2D eigenvalue weighted by atomic mass is 16.8. The van der Waals surface area contributed by atoms with Gasteiger partial charge in [0.25, 0.3) is 0 Å². The molecule has 6 nitrogen and oxygen atoms in total. The summed E-state index contributed by atoms with van der Waals surface area (Å²) < 4.78 is 29.7. The zero-order chi connectivity index (χ0) is 24.3. The summed E-state index contributed by atoms with van der Waals surface area (Å²) in [5.74, 6) is -1.18. The Morgan fingerprint density at radius 3 is 2.31 bits per heavy atom. The molecule has 0 aliphatic carbocycles. The number of methoxy groups -OCH3 is 1. The minimum atomic E-state index is -0.875. The van der Waals surface area contributed by atoms with Crippen LogP contribution < -0.4 is 0 Å². The fourth-order valence-corrected chi connectivity index (χ4v) is 4.96. The van der Waals surface area contributed by atoms with E-state index in [0.29, 0.717) is 19.6 Å². The summed E-state index contributed by atoms with van der Waals surface area (Å²) in [6.07, 6.45) is 6.51. The molecule has 4 atom stereocenters. The molecule has 0 unspecified atom stereocenters. The van der Waals surface area contributed by atoms with Crippen molar-refractivity contribution in [1.82, 2.24) is 0 Å². The number of unbranched alkanes of at least 4 members (excludes halogenated alkanes) is 3. The fourth-order valence-electron chi connectivity index (χ4n) is 4.96. The number of esters is 1. The van der Waals surface area contributed by atoms with Gasteiger partial charge in [-0.2, -0.15) is 0 Å². The molecule has 2 bridgehead atoms. The van der Waals surface area contributed by atoms with Crippen molar-refractivity contribution < 1.29 is 28.5 Å². The normalized spacial score (nSPS) is 25.5. The van der Waals surface area contributed by atoms with Crippen molar-refractivity contribution in [2.75, 3.05) is 13.7 Å². The maximum absolute atomic E-state index is 12.0. The standard InChI is InChI=1S/C29H38O6/c1-31-27(30)20-29-18-17-25(33-22-24-14-8-5-9-15-24)28(35-29)26(34-29)16-10-2-3-11-19-32-21-23-12-6-4-7-13-23/h4-9,12-15,25-26,28H,2-3,10-11,16-22H2,1H3/t25-,26-,28+,29-/m1/s1. The van der Waals surface area contributed by atoms with Crippen LogP contribution in [-0.4, -0.2) is 43.8 Å². The van der Waals surface area contributed by atoms with Crippen LogP contribution in [0.4, 0.5) is 0 Å². The molecule has 2 aliphatic rings. The molecule has 190 valence electrons. The predicted octanol–water partition coefficient (Wildman–Crippen LogP) is 5.58. The largest absolute Gasteiger partial charge is 0.469 e. The van der Waals surface area contributed by atoms with Gasteiger partial charge in [0, 0.05) is 13.0 Å². The number of fused-ring (bicyclic) bond motifs is 2. The SMILES string of the molecule is COC(=O)C[C@@]12CC[C@@H](OCc3ccccc3)[C@H](O1)[C@@H](CCCCCCOCc1ccccc1)O2. The highest BCUT2D eigenvalue weighted by Crippen LogP contribution is 2.45. The Morgan fingerprint density at radius 1 is 0.914 bits per heavy atom. The Hall–Kier alpha value is -2.25. The van der Waals surface area contributed by atoms with E-state index >= 15 is 0 Å². The van der Waals surface area contributed by atoms with E-state index in [2.05, 4.69) is 24.3 Å². The summed E-state index contributed by atoms with van der Waals surface area (Å²) in [6.45, 7) is 1.99. The average molecular weight is 483 g/mol. The molecule has 0 radical (unpaired) electrons. The molecule has 4 rings (SSSR count). The smallest absolute Gasteiger partial charge is 0.310 e. The zero-order valence-corrected chi connectivity index (χ0v) is 20.7. The van der Waals surface area contributed by atoms with E-state index in [-0.39, 0.29) is 30.7 Å². The first-order chi connectivity index (χ1) is 17.2. The first kappa shape index (κ1) is 25.8. The van der Waals surface area contributed by atoms with Crippen molar-refractivity contribution in [1.29, 1.82) is 0 Å². The minimum Gasteiger partial charge on any atom is -0.469 e. The van der Waals surface area contributed by atoms with Gasteiger partial charge in [0.15, 0.2) is 5.79 Å². The van der Waals surface area contributed by atoms with Crippen LogP contribution in [0.25, 0.3) is 0 Å². The number of hydrogen-bond donors (Lipinski definition) is 0. The van der Waals surface area contributed by atoms with Gasteiger partial charge in [0.2, 0.25) is 0 Å². The first-order valence-electron chi connectivity index (χ1n) is 12.9. The number of ether oxygens (including phenoxy) is 5. The van der Waals surface area contributed by atoms with Crippen LogP contribution in [-0.2, 0) is 41.7 Å². The van der Waals surface area contributed by atoms with Crippen molar-refractivity contribution in [3.63, 3.8) is 0 Å². The predicted molar refractivity (Wildman–Crippen MR) is 133 cm³/mol. The third-order valence-electron chi connectivity index (χ3n) is 6.85. The van der Waals surface area contributed by atoms with Crippen LogP contribution >= 0.6 is 0 Å². The summed E-state index contributed by atoms with van der Waals surface area (Å²) in [5.41, 5.74) is 2.35. The Bertz CT molecular complexity index is 889. The van der Waals surface area contributed by atoms with Crippen molar-refractivity contribution in [3.8, 4) is 0 Å². The second kappa shape index (κ2) is 13.2. The molecule has 2 aromatic carbocycles. The minimum absolute atomic E-state index is 0.0418. The van der Waals surface area contributed by atoms with Crippen LogP contribution in [0.15, 0.2) is 60.7 Å². The van der Waals surface area contributed by atoms with Crippen molar-refractivity contribution in [2.24, 2.45) is 0 Å². The molecular formula is C29H38O6. The monoisotopic (exact) mass is 482 g/mol. The Balaban J connectivity index is 1.21. The molecule has 0 aromatic heterocycles. The lowest BCUT2D eigenvalue weighted by atomic mass is 9.95. The van der Waals surface area contributed by atoms with E-state index in [1.165, 1.54) is 12.7 Å². The maximum Gasteiger partial charge on any atom is 0.310 e. The summed E-state index contributed by atoms with van der Waals surface area (Å²) in [4.78, 5) is 12.0. The number of carbonyl (C=O) groups is 1. The second-order valence-electron chi connectivity index (χ2n) is 9.52. The number of carbonyl (C=O) groups excluding carboxylic acids is 1. The highest BCUT2D eigenvalue weighted by molar-refractivity contribution is 5.70. The molecule has 0 saturated carbocycles. The van der Waals surface area contributed by atoms with Crippen LogP contribution in [0.5, 0.6) is 0 Å². The molecular weight excluding hydrogens is 444 g/mol. The molecule has 35 heavy (non-hydrogen) atoms. The third-order valence-corrected chi connectivity index (χ3v) is 6.85. The van der Waals surface area contributed by atoms with E-state index in [1.807, 2.05) is 36.4 Å². The third kappa shape index (κ3) is 7.61. The van der Waals surface area contributed by atoms with Gasteiger partial charge in [-0.1, -0.05) is 79.9 Å². The Labute approximate surface area is 208 Å². The quantitative estimate of drug-likeness (QED) is 0.259. The molecule has 2 heterocycles. The Morgan fingerprint density at radius 2 is 1.60 bits per heavy atom. The topological polar surface area (TPSA) is 63.2 Å². The van der Waals surface area contributed by atoms with Crippen LogP contribution in [0, 0.1) is 0 Å². The number of rotatable bonds is 14. The van der Waals surface area contributed by atoms with Crippen LogP contribution in [0.1, 0.15) is 62.5 Å². The zero-order valence-electron chi connectivity index (χ0n) is 20.7. The molecule has 2 aliphatic heterocycles. The summed E-state index contributed by atoms with van der Waals surface area (Å²) >= 11 is 0. The van der Waals surface area contributed by atoms with Crippen molar-refractivity contribution in [2.45, 2.75) is 88.7 Å². The van der Waals surface area contributed by atoms with E-state index in [4.69, 9.17) is 23.7 Å². The number of benzene rings is 2. The van der Waals surface area contributed by atoms with Gasteiger partial charge >= 0.3 is 5.97 Å². The molecule has 0 amide bonds. The average Bonchev–Trinajstić information content (AvgIpc) is 3.18. The van der Waals surface area contributed by atoms with Crippen molar-refractivity contribution >= 4 is 5.97 Å². The molecule has 2 aromatic rings. The molecule has 0 N–H and O–H groups in total. The highest BCUT2D eigenvalue weighted by Gasteiger charge is 2.55. The van der Waals surface area contributed by atoms with Gasteiger partial charge in [0.05, 0.1) is 39.0 Å². The lowest BCUT2D eigenvalue weighted by Crippen LogP contribution is -2.44. The van der Waals surface area contributed by atoms with Crippen LogP contribution in [0.2, 0.25) is 0 Å². The number of hydrogen-bond acceptors (Lipinski definition) is 6. The fraction of sp³-hybridized carbons (Fsp3) is 0.552.